The van der Waals surface area contributed by atoms with Crippen LogP contribution in [-0.2, 0) is 0 Å². The molecule has 0 saturated heterocycles. The summed E-state index contributed by atoms with van der Waals surface area (Å²) >= 11 is 0. The van der Waals surface area contributed by atoms with Crippen molar-refractivity contribution in [2.75, 3.05) is 5.32 Å². The van der Waals surface area contributed by atoms with Gasteiger partial charge in [-0.05, 0) is 48.4 Å². The lowest BCUT2D eigenvalue weighted by molar-refractivity contribution is 0.102. The van der Waals surface area contributed by atoms with Gasteiger partial charge in [0.25, 0.3) is 11.8 Å². The highest BCUT2D eigenvalue weighted by atomic mass is 16.4. The van der Waals surface area contributed by atoms with Crippen LogP contribution in [0.5, 0.6) is 0 Å². The number of furan rings is 1. The Morgan fingerprint density at radius 1 is 0.806 bits per heavy atom. The molecule has 0 aliphatic heterocycles. The minimum atomic E-state index is -0.379. The van der Waals surface area contributed by atoms with Crippen LogP contribution in [0.15, 0.2) is 106 Å². The molecule has 3 aromatic heterocycles. The Kier molecular flexibility index (Phi) is 5.35. The van der Waals surface area contributed by atoms with Gasteiger partial charge in [0.05, 0.1) is 23.0 Å². The second kappa shape index (κ2) is 8.96. The Labute approximate surface area is 206 Å². The molecule has 6 aromatic rings. The lowest BCUT2D eigenvalue weighted by Crippen LogP contribution is -2.13. The molecule has 1 amide bonds. The molecule has 1 N–H and O–H groups in total. The molecule has 0 unspecified atom stereocenters. The Morgan fingerprint density at radius 3 is 2.39 bits per heavy atom. The van der Waals surface area contributed by atoms with E-state index in [2.05, 4.69) is 46.7 Å². The lowest BCUT2D eigenvalue weighted by atomic mass is 9.98. The summed E-state index contributed by atoms with van der Waals surface area (Å²) in [5.41, 5.74) is 5.99. The highest BCUT2D eigenvalue weighted by Gasteiger charge is 2.18. The highest BCUT2D eigenvalue weighted by Crippen LogP contribution is 2.30. The molecule has 0 radical (unpaired) electrons. The van der Waals surface area contributed by atoms with Crippen molar-refractivity contribution < 1.29 is 13.6 Å². The van der Waals surface area contributed by atoms with Crippen molar-refractivity contribution in [3.63, 3.8) is 0 Å². The summed E-state index contributed by atoms with van der Waals surface area (Å²) in [5.74, 6) is 0.225. The molecule has 7 nitrogen and oxygen atoms in total. The number of nitrogens with zero attached hydrogens (tertiary/aromatic N) is 3. The van der Waals surface area contributed by atoms with Crippen LogP contribution in [0.25, 0.3) is 44.9 Å². The minimum Gasteiger partial charge on any atom is -0.459 e. The largest absolute Gasteiger partial charge is 0.459 e. The molecule has 174 valence electrons. The maximum Gasteiger partial charge on any atom is 0.322 e. The summed E-state index contributed by atoms with van der Waals surface area (Å²) in [6.07, 6.45) is 1.51. The van der Waals surface area contributed by atoms with E-state index in [1.165, 1.54) is 11.8 Å². The fourth-order valence-electron chi connectivity index (χ4n) is 4.03. The minimum absolute atomic E-state index is 0.0210. The van der Waals surface area contributed by atoms with E-state index in [0.717, 1.165) is 22.1 Å². The molecule has 3 aromatic carbocycles. The number of benzene rings is 3. The number of amides is 1. The van der Waals surface area contributed by atoms with E-state index < -0.39 is 0 Å². The van der Waals surface area contributed by atoms with Crippen LogP contribution in [0.4, 0.5) is 6.01 Å². The zero-order valence-electron chi connectivity index (χ0n) is 19.3. The molecule has 0 aliphatic rings. The van der Waals surface area contributed by atoms with Crippen molar-refractivity contribution >= 4 is 22.8 Å². The average Bonchev–Trinajstić information content (AvgIpc) is 3.61. The molecule has 0 bridgehead atoms. The Morgan fingerprint density at radius 2 is 1.61 bits per heavy atom. The second-order valence-electron chi connectivity index (χ2n) is 8.36. The van der Waals surface area contributed by atoms with Gasteiger partial charge in [-0.3, -0.25) is 10.1 Å². The third kappa shape index (κ3) is 4.14. The predicted molar refractivity (Wildman–Crippen MR) is 137 cm³/mol. The summed E-state index contributed by atoms with van der Waals surface area (Å²) in [4.78, 5) is 18.3. The van der Waals surface area contributed by atoms with E-state index in [0.29, 0.717) is 22.5 Å². The lowest BCUT2D eigenvalue weighted by Gasteiger charge is -2.11. The summed E-state index contributed by atoms with van der Waals surface area (Å²) in [5, 5.41) is 11.4. The number of carbonyl (C=O) groups is 1. The molecule has 0 aliphatic carbocycles. The van der Waals surface area contributed by atoms with Crippen LogP contribution in [0, 0.1) is 6.92 Å². The molecule has 0 fully saturated rings. The number of hydrogen-bond donors (Lipinski definition) is 1. The van der Waals surface area contributed by atoms with Crippen LogP contribution in [0.1, 0.15) is 15.9 Å². The molecule has 6 rings (SSSR count). The van der Waals surface area contributed by atoms with Gasteiger partial charge in [-0.1, -0.05) is 71.3 Å². The summed E-state index contributed by atoms with van der Waals surface area (Å²) in [6, 6.07) is 29.1. The molecule has 0 atom stereocenters. The third-order valence-electron chi connectivity index (χ3n) is 5.89. The van der Waals surface area contributed by atoms with Crippen molar-refractivity contribution in [1.29, 1.82) is 0 Å². The Bertz CT molecular complexity index is 1670. The quantitative estimate of drug-likeness (QED) is 0.297. The summed E-state index contributed by atoms with van der Waals surface area (Å²) < 4.78 is 10.9. The fourth-order valence-corrected chi connectivity index (χ4v) is 4.03. The number of carbonyl (C=O) groups excluding carboxylic acids is 1. The normalized spacial score (nSPS) is 11.0. The standard InChI is InChI=1S/C29H20N4O3/c1-18-9-11-19(12-10-18)21-13-14-24-22(16-21)23(17-25(30-24)20-6-3-2-4-7-20)27(34)31-29-33-32-28(36-29)26-8-5-15-35-26/h2-17H,1H3,(H,31,33,34). The number of hydrogen-bond acceptors (Lipinski definition) is 6. The van der Waals surface area contributed by atoms with E-state index >= 15 is 0 Å². The zero-order chi connectivity index (χ0) is 24.5. The highest BCUT2D eigenvalue weighted by molar-refractivity contribution is 6.13. The SMILES string of the molecule is Cc1ccc(-c2ccc3nc(-c4ccccc4)cc(C(=O)Nc4nnc(-c5ccco5)o4)c3c2)cc1. The van der Waals surface area contributed by atoms with Gasteiger partial charge in [0.2, 0.25) is 0 Å². The van der Waals surface area contributed by atoms with E-state index in [1.807, 2.05) is 48.5 Å². The number of anilines is 1. The molecular formula is C29H20N4O3. The van der Waals surface area contributed by atoms with Gasteiger partial charge in [-0.15, -0.1) is 5.10 Å². The van der Waals surface area contributed by atoms with Gasteiger partial charge in [-0.25, -0.2) is 4.98 Å². The number of aryl methyl sites for hydroxylation is 1. The molecule has 0 spiro atoms. The van der Waals surface area contributed by atoms with Gasteiger partial charge in [0, 0.05) is 10.9 Å². The van der Waals surface area contributed by atoms with Crippen molar-refractivity contribution in [3.8, 4) is 34.0 Å². The van der Waals surface area contributed by atoms with E-state index in [-0.39, 0.29) is 17.8 Å². The number of fused-ring (bicyclic) bond motifs is 1. The molecule has 0 saturated carbocycles. The monoisotopic (exact) mass is 472 g/mol. The maximum atomic E-state index is 13.5. The third-order valence-corrected chi connectivity index (χ3v) is 5.89. The van der Waals surface area contributed by atoms with Crippen molar-refractivity contribution in [1.82, 2.24) is 15.2 Å². The first kappa shape index (κ1) is 21.5. The summed E-state index contributed by atoms with van der Waals surface area (Å²) in [7, 11) is 0. The molecule has 36 heavy (non-hydrogen) atoms. The van der Waals surface area contributed by atoms with E-state index in [4.69, 9.17) is 13.8 Å². The number of aromatic nitrogens is 3. The molecule has 7 heteroatoms. The van der Waals surface area contributed by atoms with Crippen LogP contribution < -0.4 is 5.32 Å². The first-order chi connectivity index (χ1) is 17.6. The number of pyridine rings is 1. The fraction of sp³-hybridized carbons (Fsp3) is 0.0345. The summed E-state index contributed by atoms with van der Waals surface area (Å²) in [6.45, 7) is 2.05. The van der Waals surface area contributed by atoms with Crippen LogP contribution in [0.3, 0.4) is 0 Å². The first-order valence-electron chi connectivity index (χ1n) is 11.4. The predicted octanol–water partition coefficient (Wildman–Crippen LogP) is 6.77. The van der Waals surface area contributed by atoms with Gasteiger partial charge in [-0.2, -0.15) is 0 Å². The van der Waals surface area contributed by atoms with Crippen molar-refractivity contribution in [2.45, 2.75) is 6.92 Å². The van der Waals surface area contributed by atoms with Gasteiger partial charge < -0.3 is 8.83 Å². The topological polar surface area (TPSA) is 94.1 Å². The van der Waals surface area contributed by atoms with Crippen LogP contribution in [0.2, 0.25) is 0 Å². The first-order valence-corrected chi connectivity index (χ1v) is 11.4. The van der Waals surface area contributed by atoms with Crippen molar-refractivity contribution in [3.05, 3.63) is 108 Å². The van der Waals surface area contributed by atoms with E-state index in [9.17, 15) is 4.79 Å². The number of nitrogens with one attached hydrogen (secondary N) is 1. The van der Waals surface area contributed by atoms with E-state index in [1.54, 1.807) is 18.2 Å². The second-order valence-corrected chi connectivity index (χ2v) is 8.36. The van der Waals surface area contributed by atoms with Crippen LogP contribution >= 0.6 is 0 Å². The van der Waals surface area contributed by atoms with Gasteiger partial charge in [0.1, 0.15) is 0 Å². The van der Waals surface area contributed by atoms with Gasteiger partial charge in [0.15, 0.2) is 5.76 Å². The number of rotatable bonds is 5. The Balaban J connectivity index is 1.44. The molecule has 3 heterocycles. The van der Waals surface area contributed by atoms with Gasteiger partial charge >= 0.3 is 6.01 Å². The maximum absolute atomic E-state index is 13.5. The average molecular weight is 473 g/mol. The Hall–Kier alpha value is -5.04. The smallest absolute Gasteiger partial charge is 0.322 e. The zero-order valence-corrected chi connectivity index (χ0v) is 19.3. The molecular weight excluding hydrogens is 452 g/mol. The van der Waals surface area contributed by atoms with Crippen LogP contribution in [-0.4, -0.2) is 21.1 Å². The van der Waals surface area contributed by atoms with Crippen molar-refractivity contribution in [2.24, 2.45) is 0 Å².